The Morgan fingerprint density at radius 3 is 2.66 bits per heavy atom. The van der Waals surface area contributed by atoms with Crippen molar-refractivity contribution in [3.63, 3.8) is 0 Å². The number of nitrogens with one attached hydrogen (secondary N) is 2. The number of benzene rings is 2. The van der Waals surface area contributed by atoms with Gasteiger partial charge in [0.1, 0.15) is 10.8 Å². The summed E-state index contributed by atoms with van der Waals surface area (Å²) in [6, 6.07) is 11.4. The van der Waals surface area contributed by atoms with Crippen LogP contribution >= 0.6 is 34.7 Å². The molecular formula is C17H14ClN5O4S2. The van der Waals surface area contributed by atoms with Crippen molar-refractivity contribution < 1.29 is 14.5 Å². The highest BCUT2D eigenvalue weighted by molar-refractivity contribution is 8.01. The molecule has 150 valence electrons. The summed E-state index contributed by atoms with van der Waals surface area (Å²) in [4.78, 5) is 22.4. The summed E-state index contributed by atoms with van der Waals surface area (Å²) >= 11 is 8.28. The summed E-state index contributed by atoms with van der Waals surface area (Å²) in [7, 11) is 1.60. The zero-order valence-electron chi connectivity index (χ0n) is 14.9. The van der Waals surface area contributed by atoms with Crippen LogP contribution in [0, 0.1) is 10.1 Å². The van der Waals surface area contributed by atoms with Gasteiger partial charge >= 0.3 is 0 Å². The lowest BCUT2D eigenvalue weighted by molar-refractivity contribution is -0.384. The molecule has 2 aromatic carbocycles. The number of aromatic nitrogens is 2. The van der Waals surface area contributed by atoms with Gasteiger partial charge in [0.15, 0.2) is 4.34 Å². The molecule has 3 aromatic rings. The normalized spacial score (nSPS) is 10.4. The zero-order chi connectivity index (χ0) is 20.8. The standard InChI is InChI=1S/C17H14ClN5O4S2/c1-27-12-5-2-10(3-6-12)20-16-21-22-17(29-16)28-9-15(24)19-11-4-7-13(18)14(8-11)23(25)26/h2-8H,9H2,1H3,(H,19,24)(H,20,21). The van der Waals surface area contributed by atoms with E-state index in [-0.39, 0.29) is 22.4 Å². The predicted molar refractivity (Wildman–Crippen MR) is 114 cm³/mol. The van der Waals surface area contributed by atoms with Crippen LogP contribution in [0.3, 0.4) is 0 Å². The summed E-state index contributed by atoms with van der Waals surface area (Å²) in [5.74, 6) is 0.501. The van der Waals surface area contributed by atoms with Gasteiger partial charge in [-0.3, -0.25) is 14.9 Å². The van der Waals surface area contributed by atoms with E-state index in [0.29, 0.717) is 15.2 Å². The Labute approximate surface area is 178 Å². The molecule has 9 nitrogen and oxygen atoms in total. The minimum Gasteiger partial charge on any atom is -0.497 e. The van der Waals surface area contributed by atoms with E-state index in [1.807, 2.05) is 24.3 Å². The third-order valence-corrected chi connectivity index (χ3v) is 5.79. The molecule has 0 atom stereocenters. The van der Waals surface area contributed by atoms with Crippen LogP contribution in [0.2, 0.25) is 5.02 Å². The van der Waals surface area contributed by atoms with E-state index >= 15 is 0 Å². The number of amides is 1. The molecule has 12 heteroatoms. The average molecular weight is 452 g/mol. The van der Waals surface area contributed by atoms with Crippen molar-refractivity contribution >= 4 is 62.8 Å². The molecule has 0 aliphatic carbocycles. The van der Waals surface area contributed by atoms with Crippen LogP contribution in [0.1, 0.15) is 0 Å². The largest absolute Gasteiger partial charge is 0.497 e. The van der Waals surface area contributed by atoms with E-state index in [2.05, 4.69) is 20.8 Å². The van der Waals surface area contributed by atoms with Crippen LogP contribution in [0.5, 0.6) is 5.75 Å². The van der Waals surface area contributed by atoms with Gasteiger partial charge in [0.25, 0.3) is 5.69 Å². The fraction of sp³-hybridized carbons (Fsp3) is 0.118. The fourth-order valence-corrected chi connectivity index (χ4v) is 3.93. The number of carbonyl (C=O) groups excluding carboxylic acids is 1. The highest BCUT2D eigenvalue weighted by Crippen LogP contribution is 2.29. The molecule has 0 aliphatic rings. The van der Waals surface area contributed by atoms with E-state index in [9.17, 15) is 14.9 Å². The van der Waals surface area contributed by atoms with Crippen LogP contribution in [0.25, 0.3) is 0 Å². The Bertz CT molecular complexity index is 1030. The van der Waals surface area contributed by atoms with E-state index in [0.717, 1.165) is 11.4 Å². The first-order valence-corrected chi connectivity index (χ1v) is 10.2. The number of nitro groups is 1. The van der Waals surface area contributed by atoms with Crippen molar-refractivity contribution in [2.24, 2.45) is 0 Å². The quantitative estimate of drug-likeness (QED) is 0.290. The molecule has 2 N–H and O–H groups in total. The molecular weight excluding hydrogens is 438 g/mol. The number of ether oxygens (including phenoxy) is 1. The van der Waals surface area contributed by atoms with E-state index in [1.54, 1.807) is 7.11 Å². The minimum absolute atomic E-state index is 0.00752. The second-order valence-corrected chi connectivity index (χ2v) is 8.09. The Hall–Kier alpha value is -2.89. The van der Waals surface area contributed by atoms with Crippen molar-refractivity contribution in [1.82, 2.24) is 10.2 Å². The summed E-state index contributed by atoms with van der Waals surface area (Å²) in [6.45, 7) is 0. The summed E-state index contributed by atoms with van der Waals surface area (Å²) in [5.41, 5.74) is 0.863. The number of anilines is 3. The first-order valence-electron chi connectivity index (χ1n) is 8.06. The number of nitro benzene ring substituents is 1. The lowest BCUT2D eigenvalue weighted by Gasteiger charge is -2.04. The molecule has 3 rings (SSSR count). The Kier molecular flexibility index (Phi) is 6.86. The molecule has 0 radical (unpaired) electrons. The van der Waals surface area contributed by atoms with E-state index in [1.165, 1.54) is 41.3 Å². The molecule has 0 aliphatic heterocycles. The molecule has 1 aromatic heterocycles. The molecule has 0 spiro atoms. The Morgan fingerprint density at radius 1 is 1.24 bits per heavy atom. The monoisotopic (exact) mass is 451 g/mol. The SMILES string of the molecule is COc1ccc(Nc2nnc(SCC(=O)Nc3ccc(Cl)c([N+](=O)[O-])c3)s2)cc1. The summed E-state index contributed by atoms with van der Waals surface area (Å²) in [5, 5.41) is 25.3. The average Bonchev–Trinajstić information content (AvgIpc) is 3.15. The maximum Gasteiger partial charge on any atom is 0.289 e. The predicted octanol–water partition coefficient (Wildman–Crippen LogP) is 4.58. The molecule has 0 saturated carbocycles. The second-order valence-electron chi connectivity index (χ2n) is 5.49. The Morgan fingerprint density at radius 2 is 1.97 bits per heavy atom. The molecule has 0 fully saturated rings. The smallest absolute Gasteiger partial charge is 0.289 e. The van der Waals surface area contributed by atoms with Gasteiger partial charge in [0.05, 0.1) is 17.8 Å². The fourth-order valence-electron chi connectivity index (χ4n) is 2.17. The van der Waals surface area contributed by atoms with Gasteiger partial charge in [-0.05, 0) is 36.4 Å². The number of carbonyl (C=O) groups is 1. The van der Waals surface area contributed by atoms with E-state index < -0.39 is 4.92 Å². The topological polar surface area (TPSA) is 119 Å². The third-order valence-electron chi connectivity index (χ3n) is 3.50. The highest BCUT2D eigenvalue weighted by Gasteiger charge is 2.14. The van der Waals surface area contributed by atoms with Gasteiger partial charge in [-0.15, -0.1) is 10.2 Å². The van der Waals surface area contributed by atoms with Gasteiger partial charge in [-0.25, -0.2) is 0 Å². The number of hydrogen-bond donors (Lipinski definition) is 2. The van der Waals surface area contributed by atoms with Crippen LogP contribution in [-0.2, 0) is 4.79 Å². The van der Waals surface area contributed by atoms with Gasteiger partial charge in [0, 0.05) is 17.4 Å². The number of nitrogens with zero attached hydrogens (tertiary/aromatic N) is 3. The van der Waals surface area contributed by atoms with Crippen LogP contribution in [-0.4, -0.2) is 33.9 Å². The van der Waals surface area contributed by atoms with Crippen molar-refractivity contribution in [2.75, 3.05) is 23.5 Å². The molecule has 0 bridgehead atoms. The number of thioether (sulfide) groups is 1. The molecule has 0 unspecified atom stereocenters. The highest BCUT2D eigenvalue weighted by atomic mass is 35.5. The molecule has 29 heavy (non-hydrogen) atoms. The molecule has 1 heterocycles. The van der Waals surface area contributed by atoms with Crippen LogP contribution in [0.15, 0.2) is 46.8 Å². The van der Waals surface area contributed by atoms with Gasteiger partial charge in [-0.2, -0.15) is 0 Å². The first kappa shape index (κ1) is 20.8. The van der Waals surface area contributed by atoms with Crippen molar-refractivity contribution in [2.45, 2.75) is 4.34 Å². The lowest BCUT2D eigenvalue weighted by atomic mass is 10.3. The van der Waals surface area contributed by atoms with Gasteiger partial charge in [0.2, 0.25) is 11.0 Å². The van der Waals surface area contributed by atoms with Crippen molar-refractivity contribution in [3.8, 4) is 5.75 Å². The number of halogens is 1. The zero-order valence-corrected chi connectivity index (χ0v) is 17.3. The molecule has 1 amide bonds. The van der Waals surface area contributed by atoms with E-state index in [4.69, 9.17) is 16.3 Å². The summed E-state index contributed by atoms with van der Waals surface area (Å²) < 4.78 is 5.72. The second kappa shape index (κ2) is 9.54. The lowest BCUT2D eigenvalue weighted by Crippen LogP contribution is -2.14. The molecule has 0 saturated heterocycles. The minimum atomic E-state index is -0.606. The van der Waals surface area contributed by atoms with Gasteiger partial charge < -0.3 is 15.4 Å². The third kappa shape index (κ3) is 5.79. The van der Waals surface area contributed by atoms with Crippen LogP contribution in [0.4, 0.5) is 22.2 Å². The van der Waals surface area contributed by atoms with Crippen molar-refractivity contribution in [3.05, 3.63) is 57.6 Å². The number of methoxy groups -OCH3 is 1. The summed E-state index contributed by atoms with van der Waals surface area (Å²) in [6.07, 6.45) is 0. The first-order chi connectivity index (χ1) is 13.9. The Balaban J connectivity index is 1.53. The number of hydrogen-bond acceptors (Lipinski definition) is 9. The van der Waals surface area contributed by atoms with Crippen LogP contribution < -0.4 is 15.4 Å². The van der Waals surface area contributed by atoms with Crippen molar-refractivity contribution in [1.29, 1.82) is 0 Å². The van der Waals surface area contributed by atoms with Gasteiger partial charge in [-0.1, -0.05) is 34.7 Å². The number of rotatable bonds is 8. The maximum atomic E-state index is 12.1. The maximum absolute atomic E-state index is 12.1.